The molecule has 0 spiro atoms. The maximum absolute atomic E-state index is 13.3. The van der Waals surface area contributed by atoms with Crippen molar-refractivity contribution < 1.29 is 19.1 Å². The molecule has 1 aliphatic rings. The van der Waals surface area contributed by atoms with Crippen LogP contribution < -0.4 is 9.47 Å². The van der Waals surface area contributed by atoms with Crippen molar-refractivity contribution in [3.05, 3.63) is 23.3 Å². The summed E-state index contributed by atoms with van der Waals surface area (Å²) in [6.45, 7) is 7.80. The van der Waals surface area contributed by atoms with Gasteiger partial charge in [-0.15, -0.1) is 0 Å². The molecular weight excluding hydrogens is 440 g/mol. The maximum Gasteiger partial charge on any atom is 0.242 e. The van der Waals surface area contributed by atoms with Crippen molar-refractivity contribution in [1.29, 1.82) is 0 Å². The van der Waals surface area contributed by atoms with Gasteiger partial charge in [0.2, 0.25) is 11.8 Å². The van der Waals surface area contributed by atoms with E-state index in [9.17, 15) is 9.59 Å². The smallest absolute Gasteiger partial charge is 0.242 e. The van der Waals surface area contributed by atoms with E-state index in [0.717, 1.165) is 37.0 Å². The fourth-order valence-electron chi connectivity index (χ4n) is 5.05. The lowest BCUT2D eigenvalue weighted by molar-refractivity contribution is -0.142. The Morgan fingerprint density at radius 1 is 0.914 bits per heavy atom. The highest BCUT2D eigenvalue weighted by Crippen LogP contribution is 2.37. The topological polar surface area (TPSA) is 59.1 Å². The number of methoxy groups -OCH3 is 2. The van der Waals surface area contributed by atoms with Gasteiger partial charge in [0.1, 0.15) is 0 Å². The molecule has 0 aromatic heterocycles. The molecule has 1 heterocycles. The van der Waals surface area contributed by atoms with E-state index in [0.29, 0.717) is 25.3 Å². The van der Waals surface area contributed by atoms with Gasteiger partial charge in [0.15, 0.2) is 11.5 Å². The summed E-state index contributed by atoms with van der Waals surface area (Å²) in [4.78, 5) is 29.9. The van der Waals surface area contributed by atoms with E-state index in [1.165, 1.54) is 50.5 Å². The molecule has 1 aromatic rings. The fourth-order valence-corrected chi connectivity index (χ4v) is 5.05. The number of nitrogens with zero attached hydrogens (tertiary/aromatic N) is 2. The van der Waals surface area contributed by atoms with Crippen LogP contribution in [-0.2, 0) is 16.0 Å². The van der Waals surface area contributed by atoms with E-state index < -0.39 is 0 Å². The molecule has 6 heteroatoms. The lowest BCUT2D eigenvalue weighted by Gasteiger charge is -2.37. The second-order valence-electron chi connectivity index (χ2n) is 9.81. The maximum atomic E-state index is 13.3. The van der Waals surface area contributed by atoms with Crippen LogP contribution in [0, 0.1) is 0 Å². The third-order valence-electron chi connectivity index (χ3n) is 7.17. The van der Waals surface area contributed by atoms with Crippen molar-refractivity contribution in [3.8, 4) is 11.5 Å². The summed E-state index contributed by atoms with van der Waals surface area (Å²) < 4.78 is 10.9. The number of ether oxygens (including phenoxy) is 2. The number of hydrogen-bond donors (Lipinski definition) is 0. The summed E-state index contributed by atoms with van der Waals surface area (Å²) in [6, 6.07) is 3.93. The predicted molar refractivity (Wildman–Crippen MR) is 142 cm³/mol. The molecule has 0 saturated heterocycles. The first kappa shape index (κ1) is 29.0. The van der Waals surface area contributed by atoms with Crippen molar-refractivity contribution in [1.82, 2.24) is 9.80 Å². The second kappa shape index (κ2) is 15.7. The van der Waals surface area contributed by atoms with Crippen LogP contribution in [0.5, 0.6) is 11.5 Å². The first-order chi connectivity index (χ1) is 17.0. The van der Waals surface area contributed by atoms with Crippen LogP contribution in [0.2, 0.25) is 0 Å². The molecule has 0 bridgehead atoms. The number of benzene rings is 1. The molecule has 1 unspecified atom stereocenters. The number of hydrogen-bond acceptors (Lipinski definition) is 4. The number of unbranched alkanes of at least 4 members (excludes halogenated alkanes) is 8. The van der Waals surface area contributed by atoms with Gasteiger partial charge in [0.25, 0.3) is 0 Å². The number of amides is 2. The van der Waals surface area contributed by atoms with Crippen LogP contribution in [0.25, 0.3) is 0 Å². The summed E-state index contributed by atoms with van der Waals surface area (Å²) in [7, 11) is 3.27. The van der Waals surface area contributed by atoms with Gasteiger partial charge in [-0.05, 0) is 49.4 Å². The average Bonchev–Trinajstić information content (AvgIpc) is 2.86. The number of carbonyl (C=O) groups is 2. The molecule has 6 nitrogen and oxygen atoms in total. The lowest BCUT2D eigenvalue weighted by atomic mass is 9.92. The van der Waals surface area contributed by atoms with Gasteiger partial charge < -0.3 is 19.3 Å². The summed E-state index contributed by atoms with van der Waals surface area (Å²) in [5.41, 5.74) is 2.27. The van der Waals surface area contributed by atoms with Gasteiger partial charge in [-0.1, -0.05) is 65.2 Å². The molecule has 0 radical (unpaired) electrons. The number of fused-ring (bicyclic) bond motifs is 1. The van der Waals surface area contributed by atoms with Crippen LogP contribution in [-0.4, -0.2) is 55.5 Å². The quantitative estimate of drug-likeness (QED) is 0.256. The van der Waals surface area contributed by atoms with Crippen LogP contribution >= 0.6 is 0 Å². The zero-order chi connectivity index (χ0) is 25.6. The van der Waals surface area contributed by atoms with E-state index in [1.807, 2.05) is 17.0 Å². The summed E-state index contributed by atoms with van der Waals surface area (Å²) >= 11 is 0. The van der Waals surface area contributed by atoms with Crippen molar-refractivity contribution in [2.75, 3.05) is 33.9 Å². The number of carbonyl (C=O) groups excluding carboxylic acids is 2. The monoisotopic (exact) mass is 488 g/mol. The highest BCUT2D eigenvalue weighted by molar-refractivity contribution is 5.85. The van der Waals surface area contributed by atoms with Crippen LogP contribution in [0.1, 0.15) is 109 Å². The number of rotatable bonds is 16. The molecule has 0 aliphatic carbocycles. The highest BCUT2D eigenvalue weighted by atomic mass is 16.5. The van der Waals surface area contributed by atoms with Gasteiger partial charge in [-0.3, -0.25) is 9.59 Å². The molecular formula is C29H48N2O4. The largest absolute Gasteiger partial charge is 0.493 e. The molecule has 1 aliphatic heterocycles. The summed E-state index contributed by atoms with van der Waals surface area (Å²) in [5, 5.41) is 0. The Bertz CT molecular complexity index is 795. The fraction of sp³-hybridized carbons (Fsp3) is 0.724. The molecule has 0 fully saturated rings. The van der Waals surface area contributed by atoms with Crippen molar-refractivity contribution >= 4 is 11.8 Å². The average molecular weight is 489 g/mol. The Morgan fingerprint density at radius 3 is 2.11 bits per heavy atom. The van der Waals surface area contributed by atoms with E-state index in [2.05, 4.69) is 20.8 Å². The zero-order valence-corrected chi connectivity index (χ0v) is 22.9. The Balaban J connectivity index is 1.86. The minimum Gasteiger partial charge on any atom is -0.493 e. The molecule has 2 amide bonds. The summed E-state index contributed by atoms with van der Waals surface area (Å²) in [6.07, 6.45) is 13.2. The third-order valence-corrected chi connectivity index (χ3v) is 7.17. The van der Waals surface area contributed by atoms with Gasteiger partial charge in [0.05, 0.1) is 26.8 Å². The highest BCUT2D eigenvalue weighted by Gasteiger charge is 2.30. The molecule has 1 aromatic carbocycles. The van der Waals surface area contributed by atoms with E-state index in [-0.39, 0.29) is 24.4 Å². The molecule has 35 heavy (non-hydrogen) atoms. The van der Waals surface area contributed by atoms with E-state index in [1.54, 1.807) is 19.1 Å². The normalized spacial score (nSPS) is 15.0. The molecule has 0 N–H and O–H groups in total. The van der Waals surface area contributed by atoms with Crippen molar-refractivity contribution in [2.45, 2.75) is 104 Å². The van der Waals surface area contributed by atoms with Crippen LogP contribution in [0.3, 0.4) is 0 Å². The third kappa shape index (κ3) is 8.73. The Labute approximate surface area is 213 Å². The first-order valence-corrected chi connectivity index (χ1v) is 13.8. The van der Waals surface area contributed by atoms with Crippen LogP contribution in [0.15, 0.2) is 12.1 Å². The lowest BCUT2D eigenvalue weighted by Crippen LogP contribution is -2.46. The van der Waals surface area contributed by atoms with Gasteiger partial charge in [-0.25, -0.2) is 0 Å². The minimum atomic E-state index is -0.0676. The van der Waals surface area contributed by atoms with E-state index >= 15 is 0 Å². The SMILES string of the molecule is CCCCCCCCCCCC(=O)N(CCC)CC(=O)N1CCc2cc(OC)c(OC)cc2C1C. The van der Waals surface area contributed by atoms with Gasteiger partial charge >= 0.3 is 0 Å². The first-order valence-electron chi connectivity index (χ1n) is 13.8. The molecule has 2 rings (SSSR count). The summed E-state index contributed by atoms with van der Waals surface area (Å²) in [5.74, 6) is 1.53. The molecule has 0 saturated carbocycles. The Hall–Kier alpha value is -2.24. The Kier molecular flexibility index (Phi) is 13.0. The second-order valence-corrected chi connectivity index (χ2v) is 9.81. The molecule has 1 atom stereocenters. The van der Waals surface area contributed by atoms with Gasteiger partial charge in [-0.2, -0.15) is 0 Å². The zero-order valence-electron chi connectivity index (χ0n) is 22.9. The van der Waals surface area contributed by atoms with Crippen molar-refractivity contribution in [3.63, 3.8) is 0 Å². The standard InChI is InChI=1S/C29H48N2O4/c1-6-8-9-10-11-12-13-14-15-16-28(32)30(18-7-2)22-29(33)31-19-17-24-20-26(34-4)27(35-5)21-25(24)23(31)3/h20-21,23H,6-19,22H2,1-5H3. The van der Waals surface area contributed by atoms with Crippen LogP contribution in [0.4, 0.5) is 0 Å². The minimum absolute atomic E-state index is 0.0202. The van der Waals surface area contributed by atoms with Gasteiger partial charge in [0, 0.05) is 19.5 Å². The van der Waals surface area contributed by atoms with Crippen molar-refractivity contribution in [2.24, 2.45) is 0 Å². The predicted octanol–water partition coefficient (Wildman–Crippen LogP) is 6.31. The Morgan fingerprint density at radius 2 is 1.51 bits per heavy atom. The molecule has 198 valence electrons. The van der Waals surface area contributed by atoms with E-state index in [4.69, 9.17) is 9.47 Å².